The lowest BCUT2D eigenvalue weighted by molar-refractivity contribution is -0.395. The molecule has 0 aromatic heterocycles. The highest BCUT2D eigenvalue weighted by molar-refractivity contribution is 5.65. The van der Waals surface area contributed by atoms with E-state index in [9.17, 15) is 24.6 Å². The standard InChI is InChI=1S/C13H10FN3O4/c14-10-6-11(15-8-9-4-2-1-3-5-9)13(17(20)21)7-12(10)16(18)19/h1-7,15H,8H2. The van der Waals surface area contributed by atoms with Gasteiger partial charge in [0.25, 0.3) is 5.69 Å². The minimum absolute atomic E-state index is 0.105. The van der Waals surface area contributed by atoms with E-state index in [0.717, 1.165) is 11.6 Å². The Balaban J connectivity index is 2.32. The van der Waals surface area contributed by atoms with Gasteiger partial charge in [-0.05, 0) is 5.56 Å². The van der Waals surface area contributed by atoms with E-state index in [1.165, 1.54) is 0 Å². The smallest absolute Gasteiger partial charge is 0.311 e. The number of nitro benzene ring substituents is 2. The Morgan fingerprint density at radius 1 is 1.00 bits per heavy atom. The molecule has 7 nitrogen and oxygen atoms in total. The van der Waals surface area contributed by atoms with Crippen LogP contribution in [-0.4, -0.2) is 9.85 Å². The van der Waals surface area contributed by atoms with Crippen molar-refractivity contribution in [3.05, 3.63) is 74.1 Å². The largest absolute Gasteiger partial charge is 0.375 e. The fourth-order valence-corrected chi connectivity index (χ4v) is 1.78. The second-order valence-electron chi connectivity index (χ2n) is 4.17. The molecule has 2 aromatic rings. The van der Waals surface area contributed by atoms with Gasteiger partial charge < -0.3 is 5.32 Å². The third-order valence-electron chi connectivity index (χ3n) is 2.78. The molecule has 0 aliphatic carbocycles. The molecule has 0 aliphatic heterocycles. The Bertz CT molecular complexity index is 691. The van der Waals surface area contributed by atoms with Crippen molar-refractivity contribution in [2.24, 2.45) is 0 Å². The Kier molecular flexibility index (Phi) is 4.07. The van der Waals surface area contributed by atoms with Crippen LogP contribution in [0, 0.1) is 26.0 Å². The van der Waals surface area contributed by atoms with Crippen LogP contribution in [0.25, 0.3) is 0 Å². The van der Waals surface area contributed by atoms with Gasteiger partial charge in [0, 0.05) is 12.6 Å². The van der Waals surface area contributed by atoms with Gasteiger partial charge in [-0.2, -0.15) is 4.39 Å². The Morgan fingerprint density at radius 2 is 1.62 bits per heavy atom. The van der Waals surface area contributed by atoms with Crippen LogP contribution in [0.1, 0.15) is 5.56 Å². The van der Waals surface area contributed by atoms with Gasteiger partial charge in [0.05, 0.1) is 15.9 Å². The van der Waals surface area contributed by atoms with Crippen LogP contribution >= 0.6 is 0 Å². The van der Waals surface area contributed by atoms with Gasteiger partial charge in [-0.3, -0.25) is 20.2 Å². The van der Waals surface area contributed by atoms with Gasteiger partial charge in [-0.25, -0.2) is 0 Å². The molecular weight excluding hydrogens is 281 g/mol. The molecule has 0 atom stereocenters. The third-order valence-corrected chi connectivity index (χ3v) is 2.78. The molecule has 8 heteroatoms. The molecule has 0 saturated heterocycles. The maximum Gasteiger partial charge on any atom is 0.311 e. The molecule has 0 saturated carbocycles. The molecule has 0 radical (unpaired) electrons. The van der Waals surface area contributed by atoms with Crippen molar-refractivity contribution in [2.75, 3.05) is 5.32 Å². The SMILES string of the molecule is O=[N+]([O-])c1cc([N+](=O)[O-])c(NCc2ccccc2)cc1F. The predicted octanol–water partition coefficient (Wildman–Crippen LogP) is 3.25. The Hall–Kier alpha value is -3.03. The Morgan fingerprint density at radius 3 is 2.19 bits per heavy atom. The van der Waals surface area contributed by atoms with Crippen molar-refractivity contribution in [3.63, 3.8) is 0 Å². The molecule has 0 heterocycles. The summed E-state index contributed by atoms with van der Waals surface area (Å²) in [5.41, 5.74) is -0.733. The van der Waals surface area contributed by atoms with Gasteiger partial charge in [0.1, 0.15) is 5.69 Å². The normalized spacial score (nSPS) is 10.1. The van der Waals surface area contributed by atoms with Crippen molar-refractivity contribution < 1.29 is 14.2 Å². The summed E-state index contributed by atoms with van der Waals surface area (Å²) in [5.74, 6) is -1.12. The lowest BCUT2D eigenvalue weighted by atomic mass is 10.2. The van der Waals surface area contributed by atoms with Crippen LogP contribution in [0.3, 0.4) is 0 Å². The number of anilines is 1. The number of benzene rings is 2. The van der Waals surface area contributed by atoms with Crippen LogP contribution < -0.4 is 5.32 Å². The highest BCUT2D eigenvalue weighted by Crippen LogP contribution is 2.31. The number of nitrogens with zero attached hydrogens (tertiary/aromatic N) is 2. The highest BCUT2D eigenvalue weighted by atomic mass is 19.1. The molecule has 2 rings (SSSR count). The Labute approximate surface area is 118 Å². The molecule has 1 N–H and O–H groups in total. The molecule has 0 bridgehead atoms. The molecule has 2 aromatic carbocycles. The van der Waals surface area contributed by atoms with Gasteiger partial charge in [0.15, 0.2) is 0 Å². The molecular formula is C13H10FN3O4. The molecule has 0 aliphatic rings. The van der Waals surface area contributed by atoms with Crippen LogP contribution in [0.15, 0.2) is 42.5 Å². The van der Waals surface area contributed by atoms with Crippen molar-refractivity contribution in [3.8, 4) is 0 Å². The average molecular weight is 291 g/mol. The third kappa shape index (κ3) is 3.30. The van der Waals surface area contributed by atoms with E-state index in [2.05, 4.69) is 5.32 Å². The summed E-state index contributed by atoms with van der Waals surface area (Å²) in [7, 11) is 0. The predicted molar refractivity (Wildman–Crippen MR) is 73.5 cm³/mol. The van der Waals surface area contributed by atoms with E-state index < -0.39 is 27.0 Å². The first-order valence-electron chi connectivity index (χ1n) is 5.89. The van der Waals surface area contributed by atoms with Crippen molar-refractivity contribution in [1.29, 1.82) is 0 Å². The second kappa shape index (κ2) is 5.95. The lowest BCUT2D eigenvalue weighted by Crippen LogP contribution is -2.04. The van der Waals surface area contributed by atoms with Crippen LogP contribution in [0.4, 0.5) is 21.5 Å². The van der Waals surface area contributed by atoms with Gasteiger partial charge in [-0.1, -0.05) is 30.3 Å². The molecule has 0 spiro atoms. The van der Waals surface area contributed by atoms with Crippen molar-refractivity contribution in [1.82, 2.24) is 0 Å². The van der Waals surface area contributed by atoms with Crippen LogP contribution in [-0.2, 0) is 6.54 Å². The first-order valence-corrected chi connectivity index (χ1v) is 5.89. The summed E-state index contributed by atoms with van der Waals surface area (Å²) in [6, 6.07) is 10.4. The number of halogens is 1. The lowest BCUT2D eigenvalue weighted by Gasteiger charge is -2.07. The number of nitro groups is 2. The van der Waals surface area contributed by atoms with Crippen LogP contribution in [0.2, 0.25) is 0 Å². The zero-order chi connectivity index (χ0) is 15.4. The van der Waals surface area contributed by atoms with Crippen molar-refractivity contribution in [2.45, 2.75) is 6.54 Å². The number of hydrogen-bond acceptors (Lipinski definition) is 5. The van der Waals surface area contributed by atoms with Crippen molar-refractivity contribution >= 4 is 17.1 Å². The maximum atomic E-state index is 13.6. The summed E-state index contributed by atoms with van der Waals surface area (Å²) in [6.45, 7) is 0.235. The second-order valence-corrected chi connectivity index (χ2v) is 4.17. The number of nitrogens with one attached hydrogen (secondary N) is 1. The minimum Gasteiger partial charge on any atom is -0.375 e. The zero-order valence-corrected chi connectivity index (χ0v) is 10.7. The minimum atomic E-state index is -1.12. The topological polar surface area (TPSA) is 98.3 Å². The summed E-state index contributed by atoms with van der Waals surface area (Å²) in [4.78, 5) is 19.8. The number of hydrogen-bond donors (Lipinski definition) is 1. The molecule has 0 amide bonds. The van der Waals surface area contributed by atoms with E-state index in [-0.39, 0.29) is 12.2 Å². The first-order chi connectivity index (χ1) is 9.99. The summed E-state index contributed by atoms with van der Waals surface area (Å²) >= 11 is 0. The summed E-state index contributed by atoms with van der Waals surface area (Å²) in [5, 5.41) is 24.3. The van der Waals surface area contributed by atoms with E-state index in [0.29, 0.717) is 6.07 Å². The zero-order valence-electron chi connectivity index (χ0n) is 10.7. The maximum absolute atomic E-state index is 13.6. The van der Waals surface area contributed by atoms with E-state index in [1.807, 2.05) is 6.07 Å². The average Bonchev–Trinajstić information content (AvgIpc) is 2.45. The fourth-order valence-electron chi connectivity index (χ4n) is 1.78. The molecule has 108 valence electrons. The monoisotopic (exact) mass is 291 g/mol. The highest BCUT2D eigenvalue weighted by Gasteiger charge is 2.24. The number of rotatable bonds is 5. The molecule has 0 fully saturated rings. The molecule has 0 unspecified atom stereocenters. The van der Waals surface area contributed by atoms with Gasteiger partial charge in [0.2, 0.25) is 5.82 Å². The fraction of sp³-hybridized carbons (Fsp3) is 0.0769. The van der Waals surface area contributed by atoms with Crippen LogP contribution in [0.5, 0.6) is 0 Å². The van der Waals surface area contributed by atoms with Gasteiger partial charge >= 0.3 is 5.69 Å². The quantitative estimate of drug-likeness (QED) is 0.673. The van der Waals surface area contributed by atoms with E-state index in [4.69, 9.17) is 0 Å². The summed E-state index contributed by atoms with van der Waals surface area (Å²) < 4.78 is 13.6. The molecule has 21 heavy (non-hydrogen) atoms. The first kappa shape index (κ1) is 14.4. The van der Waals surface area contributed by atoms with Gasteiger partial charge in [-0.15, -0.1) is 0 Å². The van der Waals surface area contributed by atoms with E-state index >= 15 is 0 Å². The summed E-state index contributed by atoms with van der Waals surface area (Å²) in [6.07, 6.45) is 0. The van der Waals surface area contributed by atoms with E-state index in [1.54, 1.807) is 24.3 Å².